The van der Waals surface area contributed by atoms with E-state index in [-0.39, 0.29) is 48.1 Å². The highest BCUT2D eigenvalue weighted by molar-refractivity contribution is 5.85. The van der Waals surface area contributed by atoms with E-state index < -0.39 is 0 Å². The van der Waals surface area contributed by atoms with Gasteiger partial charge in [0.2, 0.25) is 0 Å². The van der Waals surface area contributed by atoms with Gasteiger partial charge in [-0.1, -0.05) is 6.08 Å². The maximum atomic E-state index is 9.89. The van der Waals surface area contributed by atoms with Crippen LogP contribution in [0.3, 0.4) is 0 Å². The summed E-state index contributed by atoms with van der Waals surface area (Å²) in [5, 5.41) is 32.3. The Morgan fingerprint density at radius 3 is 2.05 bits per heavy atom. The van der Waals surface area contributed by atoms with Crippen molar-refractivity contribution in [3.8, 4) is 17.2 Å². The number of piperazine rings is 1. The minimum Gasteiger partial charge on any atom is -0.508 e. The number of benzene rings is 1. The smallest absolute Gasteiger partial charge is 0.128 e. The number of rotatable bonds is 3. The van der Waals surface area contributed by atoms with E-state index in [1.54, 1.807) is 6.08 Å². The van der Waals surface area contributed by atoms with Crippen LogP contribution in [-0.2, 0) is 0 Å². The third-order valence-corrected chi connectivity index (χ3v) is 3.19. The van der Waals surface area contributed by atoms with Crippen molar-refractivity contribution in [2.24, 2.45) is 0 Å². The van der Waals surface area contributed by atoms with Crippen LogP contribution in [0.4, 0.5) is 0 Å². The van der Waals surface area contributed by atoms with Gasteiger partial charge in [-0.15, -0.1) is 31.4 Å². The molecule has 1 atom stereocenters. The number of phenols is 3. The van der Waals surface area contributed by atoms with Gasteiger partial charge in [0.05, 0.1) is 11.6 Å². The Morgan fingerprint density at radius 1 is 1.10 bits per heavy atom. The van der Waals surface area contributed by atoms with Crippen molar-refractivity contribution >= 4 is 24.8 Å². The summed E-state index contributed by atoms with van der Waals surface area (Å²) in [5.41, 5.74) is 0.393. The zero-order valence-corrected chi connectivity index (χ0v) is 12.6. The van der Waals surface area contributed by atoms with E-state index in [2.05, 4.69) is 16.8 Å². The Labute approximate surface area is 130 Å². The lowest BCUT2D eigenvalue weighted by Gasteiger charge is -2.33. The number of halogens is 2. The maximum Gasteiger partial charge on any atom is 0.128 e. The zero-order valence-electron chi connectivity index (χ0n) is 11.0. The molecule has 0 unspecified atom stereocenters. The first-order valence-electron chi connectivity index (χ1n) is 5.95. The van der Waals surface area contributed by atoms with Gasteiger partial charge in [0, 0.05) is 38.3 Å². The largest absolute Gasteiger partial charge is 0.508 e. The first-order valence-corrected chi connectivity index (χ1v) is 5.95. The lowest BCUT2D eigenvalue weighted by molar-refractivity contribution is 0.198. The van der Waals surface area contributed by atoms with Crippen molar-refractivity contribution in [3.05, 3.63) is 30.4 Å². The minimum absolute atomic E-state index is 0. The molecule has 1 aliphatic rings. The van der Waals surface area contributed by atoms with Crippen molar-refractivity contribution in [1.29, 1.82) is 0 Å². The summed E-state index contributed by atoms with van der Waals surface area (Å²) in [6, 6.07) is 2.20. The zero-order chi connectivity index (χ0) is 13.1. The van der Waals surface area contributed by atoms with Gasteiger partial charge in [0.25, 0.3) is 0 Å². The van der Waals surface area contributed by atoms with E-state index >= 15 is 0 Å². The van der Waals surface area contributed by atoms with E-state index in [1.807, 2.05) is 0 Å². The average Bonchev–Trinajstić information content (AvgIpc) is 2.34. The van der Waals surface area contributed by atoms with E-state index in [9.17, 15) is 15.3 Å². The summed E-state index contributed by atoms with van der Waals surface area (Å²) in [6.45, 7) is 7.13. The van der Waals surface area contributed by atoms with Crippen LogP contribution in [0.5, 0.6) is 17.2 Å². The lowest BCUT2D eigenvalue weighted by atomic mass is 10.0. The summed E-state index contributed by atoms with van der Waals surface area (Å²) < 4.78 is 0. The number of hydrogen-bond acceptors (Lipinski definition) is 5. The quantitative estimate of drug-likeness (QED) is 0.638. The molecule has 0 aliphatic carbocycles. The Kier molecular flexibility index (Phi) is 7.75. The summed E-state index contributed by atoms with van der Waals surface area (Å²) in [5.74, 6) is -0.385. The first kappa shape index (κ1) is 18.9. The standard InChI is InChI=1S/C13H18N2O3.2ClH/c1-2-10(15-5-3-14-4-6-15)13-11(17)7-9(16)8-12(13)18;;/h2,7-8,10,14,16-18H,1,3-6H2;2*1H/t10-;;/m1../s1. The SMILES string of the molecule is C=C[C@H](c1c(O)cc(O)cc1O)N1CCNCC1.Cl.Cl. The maximum absolute atomic E-state index is 9.89. The van der Waals surface area contributed by atoms with Gasteiger partial charge in [-0.05, 0) is 0 Å². The fourth-order valence-electron chi connectivity index (χ4n) is 2.32. The number of nitrogens with zero attached hydrogens (tertiary/aromatic N) is 1. The summed E-state index contributed by atoms with van der Waals surface area (Å²) >= 11 is 0. The molecule has 1 saturated heterocycles. The van der Waals surface area contributed by atoms with Crippen LogP contribution in [-0.4, -0.2) is 46.4 Å². The van der Waals surface area contributed by atoms with E-state index in [0.717, 1.165) is 26.2 Å². The Hall–Kier alpha value is -1.14. The van der Waals surface area contributed by atoms with Crippen LogP contribution < -0.4 is 5.32 Å². The molecule has 0 amide bonds. The van der Waals surface area contributed by atoms with Crippen LogP contribution in [0.1, 0.15) is 11.6 Å². The highest BCUT2D eigenvalue weighted by atomic mass is 35.5. The summed E-state index contributed by atoms with van der Waals surface area (Å²) in [6.07, 6.45) is 1.69. The third-order valence-electron chi connectivity index (χ3n) is 3.19. The van der Waals surface area contributed by atoms with E-state index in [4.69, 9.17) is 0 Å². The van der Waals surface area contributed by atoms with Gasteiger partial charge in [0.1, 0.15) is 17.2 Å². The number of phenolic OH excluding ortho intramolecular Hbond substituents is 3. The summed E-state index contributed by atoms with van der Waals surface area (Å²) in [4.78, 5) is 2.12. The van der Waals surface area contributed by atoms with E-state index in [1.165, 1.54) is 12.1 Å². The molecule has 2 rings (SSSR count). The van der Waals surface area contributed by atoms with Crippen LogP contribution in [0.15, 0.2) is 24.8 Å². The predicted octanol–water partition coefficient (Wildman–Crippen LogP) is 1.78. The van der Waals surface area contributed by atoms with Gasteiger partial charge in [-0.2, -0.15) is 0 Å². The Morgan fingerprint density at radius 2 is 1.60 bits per heavy atom. The van der Waals surface area contributed by atoms with Crippen LogP contribution in [0, 0.1) is 0 Å². The van der Waals surface area contributed by atoms with Crippen molar-refractivity contribution < 1.29 is 15.3 Å². The molecule has 0 spiro atoms. The lowest BCUT2D eigenvalue weighted by Crippen LogP contribution is -2.44. The fourth-order valence-corrected chi connectivity index (χ4v) is 2.32. The molecule has 0 saturated carbocycles. The molecule has 0 aromatic heterocycles. The van der Waals surface area contributed by atoms with Gasteiger partial charge >= 0.3 is 0 Å². The number of aromatic hydroxyl groups is 3. The highest BCUT2D eigenvalue weighted by Gasteiger charge is 2.25. The highest BCUT2D eigenvalue weighted by Crippen LogP contribution is 2.39. The molecule has 1 aliphatic heterocycles. The van der Waals surface area contributed by atoms with Crippen LogP contribution in [0.2, 0.25) is 0 Å². The first-order chi connectivity index (χ1) is 8.63. The molecule has 1 aromatic carbocycles. The third kappa shape index (κ3) is 3.93. The van der Waals surface area contributed by atoms with E-state index in [0.29, 0.717) is 5.56 Å². The normalized spacial score (nSPS) is 16.6. The predicted molar refractivity (Wildman–Crippen MR) is 83.3 cm³/mol. The van der Waals surface area contributed by atoms with Gasteiger partial charge in [0.15, 0.2) is 0 Å². The number of hydrogen-bond donors (Lipinski definition) is 4. The van der Waals surface area contributed by atoms with Gasteiger partial charge < -0.3 is 20.6 Å². The second-order valence-corrected chi connectivity index (χ2v) is 4.36. The second-order valence-electron chi connectivity index (χ2n) is 4.36. The molecule has 20 heavy (non-hydrogen) atoms. The molecular formula is C13H20Cl2N2O3. The summed E-state index contributed by atoms with van der Waals surface area (Å²) in [7, 11) is 0. The van der Waals surface area contributed by atoms with Gasteiger partial charge in [-0.25, -0.2) is 0 Å². The van der Waals surface area contributed by atoms with Crippen molar-refractivity contribution in [2.45, 2.75) is 6.04 Å². The molecule has 0 radical (unpaired) electrons. The van der Waals surface area contributed by atoms with Crippen molar-refractivity contribution in [2.75, 3.05) is 26.2 Å². The monoisotopic (exact) mass is 322 g/mol. The Bertz CT molecular complexity index is 428. The second kappa shape index (κ2) is 8.21. The molecule has 7 heteroatoms. The topological polar surface area (TPSA) is 76.0 Å². The molecule has 1 aromatic rings. The number of nitrogens with one attached hydrogen (secondary N) is 1. The van der Waals surface area contributed by atoms with Crippen molar-refractivity contribution in [3.63, 3.8) is 0 Å². The molecule has 1 heterocycles. The molecule has 1 fully saturated rings. The van der Waals surface area contributed by atoms with Crippen molar-refractivity contribution in [1.82, 2.24) is 10.2 Å². The molecule has 114 valence electrons. The fraction of sp³-hybridized carbons (Fsp3) is 0.385. The van der Waals surface area contributed by atoms with Gasteiger partial charge in [-0.3, -0.25) is 4.90 Å². The molecular weight excluding hydrogens is 303 g/mol. The van der Waals surface area contributed by atoms with Crippen LogP contribution in [0.25, 0.3) is 0 Å². The molecule has 0 bridgehead atoms. The minimum atomic E-state index is -0.257. The average molecular weight is 323 g/mol. The van der Waals surface area contributed by atoms with Crippen LogP contribution >= 0.6 is 24.8 Å². The molecule has 4 N–H and O–H groups in total. The molecule has 5 nitrogen and oxygen atoms in total. The Balaban J connectivity index is 0.00000180.